The van der Waals surface area contributed by atoms with Gasteiger partial charge >= 0.3 is 0 Å². The third kappa shape index (κ3) is 7.20. The van der Waals surface area contributed by atoms with Crippen LogP contribution < -0.4 is 9.62 Å². The van der Waals surface area contributed by atoms with Gasteiger partial charge in [-0.15, -0.1) is 0 Å². The Morgan fingerprint density at radius 1 is 0.947 bits per heavy atom. The van der Waals surface area contributed by atoms with Gasteiger partial charge in [-0.3, -0.25) is 13.9 Å². The van der Waals surface area contributed by atoms with Crippen LogP contribution in [0.25, 0.3) is 0 Å². The number of benzene rings is 3. The number of carbonyl (C=O) groups is 2. The van der Waals surface area contributed by atoms with Crippen molar-refractivity contribution < 1.29 is 18.0 Å². The van der Waals surface area contributed by atoms with Crippen LogP contribution in [0.4, 0.5) is 5.69 Å². The van der Waals surface area contributed by atoms with Crippen molar-refractivity contribution in [1.29, 1.82) is 0 Å². The van der Waals surface area contributed by atoms with Crippen molar-refractivity contribution in [2.24, 2.45) is 0 Å². The number of likely N-dealkylation sites (N-methyl/N-ethyl adjacent to an activating group) is 1. The smallest absolute Gasteiger partial charge is 0.264 e. The van der Waals surface area contributed by atoms with Crippen LogP contribution in [0.2, 0.25) is 15.1 Å². The zero-order valence-corrected chi connectivity index (χ0v) is 24.2. The number of nitrogens with zero attached hydrogens (tertiary/aromatic N) is 2. The van der Waals surface area contributed by atoms with E-state index in [1.165, 1.54) is 29.2 Å². The van der Waals surface area contributed by atoms with Crippen molar-refractivity contribution in [3.63, 3.8) is 0 Å². The Kier molecular flexibility index (Phi) is 10.1. The van der Waals surface area contributed by atoms with Crippen molar-refractivity contribution in [3.05, 3.63) is 92.9 Å². The van der Waals surface area contributed by atoms with Gasteiger partial charge in [-0.1, -0.05) is 53.0 Å². The summed E-state index contributed by atoms with van der Waals surface area (Å²) in [6.45, 7) is 4.96. The maximum Gasteiger partial charge on any atom is 0.264 e. The average Bonchev–Trinajstić information content (AvgIpc) is 2.86. The largest absolute Gasteiger partial charge is 0.355 e. The van der Waals surface area contributed by atoms with Gasteiger partial charge in [0.15, 0.2) is 0 Å². The number of hydrogen-bond donors (Lipinski definition) is 1. The lowest BCUT2D eigenvalue weighted by molar-refractivity contribution is -0.139. The Morgan fingerprint density at radius 2 is 1.61 bits per heavy atom. The van der Waals surface area contributed by atoms with Crippen LogP contribution in [-0.4, -0.2) is 44.3 Å². The van der Waals surface area contributed by atoms with E-state index < -0.39 is 28.5 Å². The molecular weight excluding hydrogens is 569 g/mol. The van der Waals surface area contributed by atoms with Gasteiger partial charge in [-0.2, -0.15) is 0 Å². The van der Waals surface area contributed by atoms with Crippen LogP contribution in [-0.2, 0) is 26.2 Å². The van der Waals surface area contributed by atoms with Crippen LogP contribution in [0.5, 0.6) is 0 Å². The highest BCUT2D eigenvalue weighted by molar-refractivity contribution is 7.92. The van der Waals surface area contributed by atoms with E-state index >= 15 is 0 Å². The second kappa shape index (κ2) is 12.8. The quantitative estimate of drug-likeness (QED) is 0.325. The van der Waals surface area contributed by atoms with Gasteiger partial charge in [-0.05, 0) is 80.4 Å². The van der Waals surface area contributed by atoms with Crippen molar-refractivity contribution in [3.8, 4) is 0 Å². The van der Waals surface area contributed by atoms with Gasteiger partial charge in [0.05, 0.1) is 10.6 Å². The van der Waals surface area contributed by atoms with Gasteiger partial charge in [0.2, 0.25) is 11.8 Å². The van der Waals surface area contributed by atoms with Crippen molar-refractivity contribution >= 4 is 62.3 Å². The number of aryl methyl sites for hydroxylation is 1. The molecule has 1 N–H and O–H groups in total. The molecule has 0 bridgehead atoms. The molecule has 0 heterocycles. The third-order valence-corrected chi connectivity index (χ3v) is 8.47. The Hall–Kier alpha value is -2.78. The van der Waals surface area contributed by atoms with E-state index in [1.54, 1.807) is 50.2 Å². The molecule has 11 heteroatoms. The highest BCUT2D eigenvalue weighted by atomic mass is 35.5. The van der Waals surface area contributed by atoms with E-state index in [-0.39, 0.29) is 17.3 Å². The molecule has 0 radical (unpaired) electrons. The first kappa shape index (κ1) is 29.8. The lowest BCUT2D eigenvalue weighted by atomic mass is 10.1. The molecule has 0 fully saturated rings. The van der Waals surface area contributed by atoms with E-state index in [4.69, 9.17) is 34.8 Å². The number of amides is 2. The summed E-state index contributed by atoms with van der Waals surface area (Å²) < 4.78 is 28.6. The summed E-state index contributed by atoms with van der Waals surface area (Å²) >= 11 is 18.4. The number of hydrogen-bond acceptors (Lipinski definition) is 4. The predicted octanol–water partition coefficient (Wildman–Crippen LogP) is 5.70. The first-order valence-electron chi connectivity index (χ1n) is 11.8. The summed E-state index contributed by atoms with van der Waals surface area (Å²) in [5.74, 6) is -0.970. The molecule has 0 aliphatic rings. The topological polar surface area (TPSA) is 86.8 Å². The number of nitrogens with one attached hydrogen (secondary N) is 1. The molecule has 1 atom stereocenters. The monoisotopic (exact) mass is 595 g/mol. The van der Waals surface area contributed by atoms with Crippen LogP contribution in [0.1, 0.15) is 25.0 Å². The maximum absolute atomic E-state index is 13.8. The molecule has 0 aliphatic carbocycles. The molecule has 38 heavy (non-hydrogen) atoms. The van der Waals surface area contributed by atoms with E-state index in [2.05, 4.69) is 5.32 Å². The molecule has 0 spiro atoms. The fourth-order valence-electron chi connectivity index (χ4n) is 3.78. The summed E-state index contributed by atoms with van der Waals surface area (Å²) in [5, 5.41) is 3.84. The fraction of sp³-hybridized carbons (Fsp3) is 0.259. The molecule has 0 unspecified atom stereocenters. The Balaban J connectivity index is 2.05. The minimum Gasteiger partial charge on any atom is -0.355 e. The van der Waals surface area contributed by atoms with Gasteiger partial charge in [0.1, 0.15) is 12.6 Å². The summed E-state index contributed by atoms with van der Waals surface area (Å²) in [6.07, 6.45) is 0. The van der Waals surface area contributed by atoms with Crippen LogP contribution >= 0.6 is 34.8 Å². The molecule has 0 saturated heterocycles. The SMILES string of the molecule is CCNC(=O)[C@H](C)N(Cc1ccc(Cl)cc1Cl)C(=O)CN(c1cccc(C)c1)S(=O)(=O)c1ccc(Cl)cc1. The molecule has 0 saturated carbocycles. The molecule has 2 amide bonds. The average molecular weight is 597 g/mol. The standard InChI is InChI=1S/C27H28Cl3N3O4S/c1-4-31-27(35)19(3)32(16-20-8-9-22(29)15-25(20)30)26(34)17-33(23-7-5-6-18(2)14-23)38(36,37)24-12-10-21(28)11-13-24/h5-15,19H,4,16-17H2,1-3H3,(H,31,35)/t19-/m0/s1. The van der Waals surface area contributed by atoms with E-state index in [1.807, 2.05) is 13.0 Å². The molecule has 0 aromatic heterocycles. The molecule has 3 rings (SSSR count). The van der Waals surface area contributed by atoms with Gasteiger partial charge < -0.3 is 10.2 Å². The second-order valence-electron chi connectivity index (χ2n) is 8.63. The summed E-state index contributed by atoms with van der Waals surface area (Å²) in [7, 11) is -4.18. The van der Waals surface area contributed by atoms with Crippen LogP contribution in [0.15, 0.2) is 71.6 Å². The minimum absolute atomic E-state index is 0.0275. The van der Waals surface area contributed by atoms with E-state index in [9.17, 15) is 18.0 Å². The number of halogens is 3. The lowest BCUT2D eigenvalue weighted by Crippen LogP contribution is -2.51. The summed E-state index contributed by atoms with van der Waals surface area (Å²) in [4.78, 5) is 27.9. The highest BCUT2D eigenvalue weighted by Crippen LogP contribution is 2.27. The minimum atomic E-state index is -4.18. The molecule has 7 nitrogen and oxygen atoms in total. The lowest BCUT2D eigenvalue weighted by Gasteiger charge is -2.32. The predicted molar refractivity (Wildman–Crippen MR) is 152 cm³/mol. The second-order valence-corrected chi connectivity index (χ2v) is 11.8. The van der Waals surface area contributed by atoms with Gasteiger partial charge in [-0.25, -0.2) is 8.42 Å². The molecule has 202 valence electrons. The molecular formula is C27H28Cl3N3O4S. The van der Waals surface area contributed by atoms with Crippen LogP contribution in [0.3, 0.4) is 0 Å². The van der Waals surface area contributed by atoms with Crippen molar-refractivity contribution in [2.45, 2.75) is 38.3 Å². The first-order chi connectivity index (χ1) is 17.9. The Labute approximate surface area is 238 Å². The van der Waals surface area contributed by atoms with Crippen molar-refractivity contribution in [2.75, 3.05) is 17.4 Å². The number of carbonyl (C=O) groups excluding carboxylic acids is 2. The zero-order chi connectivity index (χ0) is 28.0. The molecule has 3 aromatic rings. The first-order valence-corrected chi connectivity index (χ1v) is 14.4. The Bertz CT molecular complexity index is 1420. The van der Waals surface area contributed by atoms with Crippen LogP contribution in [0, 0.1) is 6.92 Å². The van der Waals surface area contributed by atoms with E-state index in [0.29, 0.717) is 32.9 Å². The number of anilines is 1. The van der Waals surface area contributed by atoms with Crippen molar-refractivity contribution in [1.82, 2.24) is 10.2 Å². The normalized spacial score (nSPS) is 12.1. The van der Waals surface area contributed by atoms with E-state index in [0.717, 1.165) is 9.87 Å². The maximum atomic E-state index is 13.8. The fourth-order valence-corrected chi connectivity index (χ4v) is 5.78. The Morgan fingerprint density at radius 3 is 2.21 bits per heavy atom. The summed E-state index contributed by atoms with van der Waals surface area (Å²) in [6, 6.07) is 16.5. The number of sulfonamides is 1. The molecule has 3 aromatic carbocycles. The van der Waals surface area contributed by atoms with Gasteiger partial charge in [0, 0.05) is 28.2 Å². The van der Waals surface area contributed by atoms with Gasteiger partial charge in [0.25, 0.3) is 10.0 Å². The highest BCUT2D eigenvalue weighted by Gasteiger charge is 2.32. The zero-order valence-electron chi connectivity index (χ0n) is 21.1. The number of rotatable bonds is 10. The summed E-state index contributed by atoms with van der Waals surface area (Å²) in [5.41, 5.74) is 1.68. The molecule has 0 aliphatic heterocycles. The third-order valence-electron chi connectivity index (χ3n) is 5.84.